The maximum absolute atomic E-state index is 12.0. The molecule has 0 heterocycles. The number of amides is 1. The molecule has 1 amide bonds. The first-order valence-corrected chi connectivity index (χ1v) is 10.2. The van der Waals surface area contributed by atoms with Gasteiger partial charge in [-0.1, -0.05) is 47.0 Å². The van der Waals surface area contributed by atoms with E-state index in [1.807, 2.05) is 0 Å². The van der Waals surface area contributed by atoms with Gasteiger partial charge in [-0.15, -0.1) is 11.8 Å². The highest BCUT2D eigenvalue weighted by molar-refractivity contribution is 8.01. The lowest BCUT2D eigenvalue weighted by atomic mass is 10.0. The topological polar surface area (TPSA) is 102 Å². The molecule has 0 spiro atoms. The van der Waals surface area contributed by atoms with Crippen LogP contribution in [-0.2, 0) is 19.1 Å². The third-order valence-corrected chi connectivity index (χ3v) is 5.64. The van der Waals surface area contributed by atoms with Crippen molar-refractivity contribution in [2.75, 3.05) is 6.54 Å². The predicted octanol–water partition coefficient (Wildman–Crippen LogP) is 3.41. The van der Waals surface area contributed by atoms with Crippen LogP contribution >= 0.6 is 11.8 Å². The van der Waals surface area contributed by atoms with Gasteiger partial charge in [0.15, 0.2) is 0 Å². The molecule has 150 valence electrons. The number of esters is 1. The Hall–Kier alpha value is -1.44. The van der Waals surface area contributed by atoms with Crippen molar-refractivity contribution in [3.05, 3.63) is 0 Å². The molecule has 0 saturated heterocycles. The van der Waals surface area contributed by atoms with Gasteiger partial charge >= 0.3 is 18.0 Å². The number of carbonyl (C=O) groups is 3. The van der Waals surface area contributed by atoms with Crippen molar-refractivity contribution in [3.8, 4) is 0 Å². The van der Waals surface area contributed by atoms with E-state index < -0.39 is 29.6 Å². The number of ether oxygens (including phenoxy) is 2. The van der Waals surface area contributed by atoms with E-state index in [2.05, 4.69) is 5.32 Å². The Bertz CT molecular complexity index is 476. The van der Waals surface area contributed by atoms with Gasteiger partial charge in [0.05, 0.1) is 5.92 Å². The van der Waals surface area contributed by atoms with Gasteiger partial charge in [0, 0.05) is 17.7 Å². The molecule has 0 radical (unpaired) electrons. The van der Waals surface area contributed by atoms with Crippen LogP contribution in [0.1, 0.15) is 59.8 Å². The van der Waals surface area contributed by atoms with Gasteiger partial charge in [-0.05, 0) is 12.8 Å². The standard InChI is InChI=1S/C18H31NO6S/c1-11(2)16(22)24-17(12(3)4)25-18(23)19-10-14(15(20)21)26-13-8-6-5-7-9-13/h11-14,17H,5-10H2,1-4H3,(H,19,23)(H,20,21)/t14-,17+/m0/s1. The van der Waals surface area contributed by atoms with Crippen molar-refractivity contribution in [1.29, 1.82) is 0 Å². The van der Waals surface area contributed by atoms with Gasteiger partial charge in [0.25, 0.3) is 6.29 Å². The minimum absolute atomic E-state index is 0.0295. The highest BCUT2D eigenvalue weighted by Crippen LogP contribution is 2.31. The van der Waals surface area contributed by atoms with Crippen molar-refractivity contribution >= 4 is 29.8 Å². The van der Waals surface area contributed by atoms with E-state index in [1.165, 1.54) is 18.2 Å². The average molecular weight is 390 g/mol. The SMILES string of the molecule is CC(C)C(=O)O[C@H](OC(=O)NC[C@H](SC1CCCCC1)C(=O)O)C(C)C. The summed E-state index contributed by atoms with van der Waals surface area (Å²) in [6.45, 7) is 6.90. The van der Waals surface area contributed by atoms with Crippen LogP contribution in [0.15, 0.2) is 0 Å². The van der Waals surface area contributed by atoms with Gasteiger partial charge in [-0.25, -0.2) is 4.79 Å². The average Bonchev–Trinajstić information content (AvgIpc) is 2.58. The summed E-state index contributed by atoms with van der Waals surface area (Å²) in [5, 5.41) is 11.5. The third kappa shape index (κ3) is 8.29. The summed E-state index contributed by atoms with van der Waals surface area (Å²) < 4.78 is 10.3. The van der Waals surface area contributed by atoms with Crippen LogP contribution in [0.5, 0.6) is 0 Å². The van der Waals surface area contributed by atoms with E-state index >= 15 is 0 Å². The zero-order chi connectivity index (χ0) is 19.7. The fraction of sp³-hybridized carbons (Fsp3) is 0.833. The molecule has 1 aliphatic rings. The number of rotatable bonds is 9. The number of carboxylic acids is 1. The molecule has 1 aliphatic carbocycles. The van der Waals surface area contributed by atoms with Crippen molar-refractivity contribution in [2.45, 2.75) is 76.6 Å². The lowest BCUT2D eigenvalue weighted by Gasteiger charge is -2.25. The van der Waals surface area contributed by atoms with Crippen LogP contribution in [0.3, 0.4) is 0 Å². The number of alkyl carbamates (subject to hydrolysis) is 1. The number of carbonyl (C=O) groups excluding carboxylic acids is 2. The Kier molecular flexibility index (Phi) is 9.83. The summed E-state index contributed by atoms with van der Waals surface area (Å²) in [5.74, 6) is -1.94. The van der Waals surface area contributed by atoms with E-state index in [1.54, 1.807) is 27.7 Å². The molecule has 1 fully saturated rings. The summed E-state index contributed by atoms with van der Waals surface area (Å²) in [5.41, 5.74) is 0. The quantitative estimate of drug-likeness (QED) is 0.460. The van der Waals surface area contributed by atoms with E-state index in [0.29, 0.717) is 5.25 Å². The first kappa shape index (κ1) is 22.6. The second-order valence-electron chi connectivity index (χ2n) is 7.21. The first-order chi connectivity index (χ1) is 12.2. The van der Waals surface area contributed by atoms with Crippen LogP contribution < -0.4 is 5.32 Å². The molecule has 0 aromatic rings. The fourth-order valence-electron chi connectivity index (χ4n) is 2.50. The molecule has 7 nitrogen and oxygen atoms in total. The third-order valence-electron chi connectivity index (χ3n) is 4.09. The Morgan fingerprint density at radius 1 is 1.08 bits per heavy atom. The van der Waals surface area contributed by atoms with Crippen LogP contribution in [0.4, 0.5) is 4.79 Å². The molecule has 2 atom stereocenters. The number of carboxylic acid groups (broad SMARTS) is 1. The molecule has 0 aliphatic heterocycles. The summed E-state index contributed by atoms with van der Waals surface area (Å²) in [6.07, 6.45) is 3.69. The molecule has 0 aromatic heterocycles. The van der Waals surface area contributed by atoms with E-state index in [4.69, 9.17) is 9.47 Å². The minimum Gasteiger partial charge on any atom is -0.480 e. The smallest absolute Gasteiger partial charge is 0.410 e. The fourth-order valence-corrected chi connectivity index (χ4v) is 3.86. The van der Waals surface area contributed by atoms with Crippen LogP contribution in [0.25, 0.3) is 0 Å². The summed E-state index contributed by atoms with van der Waals surface area (Å²) in [4.78, 5) is 35.2. The summed E-state index contributed by atoms with van der Waals surface area (Å²) in [6, 6.07) is 0. The van der Waals surface area contributed by atoms with Crippen molar-refractivity contribution in [2.24, 2.45) is 11.8 Å². The highest BCUT2D eigenvalue weighted by atomic mass is 32.2. The second-order valence-corrected chi connectivity index (χ2v) is 8.72. The lowest BCUT2D eigenvalue weighted by molar-refractivity contribution is -0.178. The zero-order valence-electron chi connectivity index (χ0n) is 16.0. The Morgan fingerprint density at radius 3 is 2.19 bits per heavy atom. The van der Waals surface area contributed by atoms with Gasteiger partial charge in [0.2, 0.25) is 0 Å². The van der Waals surface area contributed by atoms with Crippen molar-refractivity contribution in [3.63, 3.8) is 0 Å². The van der Waals surface area contributed by atoms with Gasteiger partial charge in [-0.2, -0.15) is 0 Å². The van der Waals surface area contributed by atoms with Gasteiger partial charge < -0.3 is 19.9 Å². The number of aliphatic carboxylic acids is 1. The summed E-state index contributed by atoms with van der Waals surface area (Å²) >= 11 is 1.40. The second kappa shape index (κ2) is 11.3. The largest absolute Gasteiger partial charge is 0.480 e. The summed E-state index contributed by atoms with van der Waals surface area (Å²) in [7, 11) is 0. The van der Waals surface area contributed by atoms with Gasteiger partial charge in [-0.3, -0.25) is 9.59 Å². The van der Waals surface area contributed by atoms with E-state index in [9.17, 15) is 19.5 Å². The maximum Gasteiger partial charge on any atom is 0.410 e. The molecule has 8 heteroatoms. The number of nitrogens with one attached hydrogen (secondary N) is 1. The Morgan fingerprint density at radius 2 is 1.69 bits per heavy atom. The van der Waals surface area contributed by atoms with Crippen molar-refractivity contribution < 1.29 is 29.0 Å². The molecule has 26 heavy (non-hydrogen) atoms. The predicted molar refractivity (Wildman–Crippen MR) is 99.9 cm³/mol. The number of thioether (sulfide) groups is 1. The van der Waals surface area contributed by atoms with Crippen LogP contribution in [0.2, 0.25) is 0 Å². The van der Waals surface area contributed by atoms with Crippen LogP contribution in [0, 0.1) is 11.8 Å². The zero-order valence-corrected chi connectivity index (χ0v) is 16.8. The number of hydrogen-bond donors (Lipinski definition) is 2. The maximum atomic E-state index is 12.0. The normalized spacial score (nSPS) is 17.6. The van der Waals surface area contributed by atoms with Gasteiger partial charge in [0.1, 0.15) is 5.25 Å². The lowest BCUT2D eigenvalue weighted by Crippen LogP contribution is -2.40. The molecule has 0 bridgehead atoms. The molecule has 1 rings (SSSR count). The highest BCUT2D eigenvalue weighted by Gasteiger charge is 2.27. The van der Waals surface area contributed by atoms with Crippen molar-refractivity contribution in [1.82, 2.24) is 5.32 Å². The Labute approximate surface area is 159 Å². The number of hydrogen-bond acceptors (Lipinski definition) is 6. The minimum atomic E-state index is -1.00. The molecular formula is C18H31NO6S. The molecule has 0 unspecified atom stereocenters. The van der Waals surface area contributed by atoms with Crippen LogP contribution in [-0.4, -0.2) is 46.5 Å². The monoisotopic (exact) mass is 389 g/mol. The first-order valence-electron chi connectivity index (χ1n) is 9.24. The van der Waals surface area contributed by atoms with E-state index in [-0.39, 0.29) is 18.4 Å². The molecular weight excluding hydrogens is 358 g/mol. The molecule has 0 aromatic carbocycles. The molecule has 2 N–H and O–H groups in total. The van der Waals surface area contributed by atoms with E-state index in [0.717, 1.165) is 25.7 Å². The molecule has 1 saturated carbocycles. The Balaban J connectivity index is 2.49.